The summed E-state index contributed by atoms with van der Waals surface area (Å²) in [6.07, 6.45) is 7.58. The Morgan fingerprint density at radius 2 is 1.05 bits per heavy atom. The first-order chi connectivity index (χ1) is 16.3. The number of hydrogen-bond donors (Lipinski definition) is 3. The number of rotatable bonds is 6. The summed E-state index contributed by atoms with van der Waals surface area (Å²) in [4.78, 5) is 10.6. The molecule has 0 unspecified atom stereocenters. The minimum Gasteiger partial charge on any atom is -0.396 e. The Labute approximate surface area is 241 Å². The molecule has 0 aromatic rings. The van der Waals surface area contributed by atoms with Crippen LogP contribution in [-0.4, -0.2) is 60.7 Å². The van der Waals surface area contributed by atoms with Crippen LogP contribution in [0.15, 0.2) is 0 Å². The van der Waals surface area contributed by atoms with Crippen molar-refractivity contribution in [1.29, 1.82) is 0 Å². The molecule has 8 nitrogen and oxygen atoms in total. The quantitative estimate of drug-likeness (QED) is 0.268. The molecule has 0 aromatic heterocycles. The van der Waals surface area contributed by atoms with Gasteiger partial charge in [0.05, 0.1) is 9.49 Å². The average Bonchev–Trinajstić information content (AvgIpc) is 2.73. The second-order valence-electron chi connectivity index (χ2n) is 11.4. The van der Waals surface area contributed by atoms with Crippen LogP contribution in [0.25, 0.3) is 0 Å². The van der Waals surface area contributed by atoms with Gasteiger partial charge in [0.1, 0.15) is 6.29 Å². The molecule has 2 aliphatic rings. The second-order valence-corrected chi connectivity index (χ2v) is 18.3. The molecule has 37 heavy (non-hydrogen) atoms. The van der Waals surface area contributed by atoms with Gasteiger partial charge in [-0.25, -0.2) is 26.3 Å². The smallest absolute Gasteiger partial charge is 0.216 e. The van der Waals surface area contributed by atoms with Gasteiger partial charge in [0, 0.05) is 24.6 Å². The van der Waals surface area contributed by atoms with Crippen LogP contribution in [0.4, 0.5) is 0 Å². The highest BCUT2D eigenvalue weighted by Crippen LogP contribution is 2.26. The lowest BCUT2D eigenvalue weighted by Crippen LogP contribution is -2.46. The van der Waals surface area contributed by atoms with Crippen LogP contribution >= 0.6 is 34.8 Å². The third kappa shape index (κ3) is 15.6. The Bertz CT molecular complexity index is 838. The fourth-order valence-corrected chi connectivity index (χ4v) is 5.68. The first-order valence-corrected chi connectivity index (χ1v) is 16.6. The van der Waals surface area contributed by atoms with Crippen molar-refractivity contribution in [2.75, 3.05) is 6.61 Å². The van der Waals surface area contributed by atoms with E-state index in [1.807, 2.05) is 0 Å². The van der Waals surface area contributed by atoms with E-state index in [1.165, 1.54) is 0 Å². The molecule has 2 fully saturated rings. The molecule has 0 aromatic carbocycles. The summed E-state index contributed by atoms with van der Waals surface area (Å²) in [6, 6.07) is 0.0486. The van der Waals surface area contributed by atoms with Gasteiger partial charge < -0.3 is 9.90 Å². The molecule has 0 spiro atoms. The highest BCUT2D eigenvalue weighted by atomic mass is 35.6. The minimum absolute atomic E-state index is 0. The summed E-state index contributed by atoms with van der Waals surface area (Å²) >= 11 is 14.4. The number of hydrogen-bond acceptors (Lipinski definition) is 6. The van der Waals surface area contributed by atoms with Crippen LogP contribution in [-0.2, 0) is 24.8 Å². The number of nitrogens with one attached hydrogen (secondary N) is 2. The van der Waals surface area contributed by atoms with Gasteiger partial charge in [0.15, 0.2) is 4.30 Å². The zero-order chi connectivity index (χ0) is 28.4. The number of carbonyl (C=O) groups is 1. The molecule has 13 heteroatoms. The topological polar surface area (TPSA) is 130 Å². The maximum Gasteiger partial charge on any atom is 0.216 e. The number of aliphatic hydroxyl groups excluding tert-OH is 1. The number of halogens is 3. The first kappa shape index (κ1) is 39.5. The molecule has 2 saturated carbocycles. The van der Waals surface area contributed by atoms with Crippen molar-refractivity contribution in [3.63, 3.8) is 0 Å². The molecule has 224 valence electrons. The highest BCUT2D eigenvalue weighted by Gasteiger charge is 2.33. The summed E-state index contributed by atoms with van der Waals surface area (Å²) in [5.74, 6) is 0.478. The molecular weight excluding hydrogens is 583 g/mol. The van der Waals surface area contributed by atoms with E-state index in [4.69, 9.17) is 39.9 Å². The molecule has 0 amide bonds. The van der Waals surface area contributed by atoms with Gasteiger partial charge in [-0.2, -0.15) is 0 Å². The lowest BCUT2D eigenvalue weighted by Gasteiger charge is -2.30. The summed E-state index contributed by atoms with van der Waals surface area (Å²) < 4.78 is 50.8. The molecule has 0 atom stereocenters. The molecule has 3 N–H and O–H groups in total. The van der Waals surface area contributed by atoms with Gasteiger partial charge in [-0.15, -0.1) is 0 Å². The van der Waals surface area contributed by atoms with Gasteiger partial charge in [-0.05, 0) is 98.8 Å². The van der Waals surface area contributed by atoms with Crippen LogP contribution < -0.4 is 9.44 Å². The number of sulfonamides is 2. The van der Waals surface area contributed by atoms with Crippen molar-refractivity contribution in [3.05, 3.63) is 0 Å². The van der Waals surface area contributed by atoms with Gasteiger partial charge >= 0.3 is 0 Å². The average molecular weight is 632 g/mol. The van der Waals surface area contributed by atoms with Crippen LogP contribution in [0.3, 0.4) is 0 Å². The van der Waals surface area contributed by atoms with Crippen LogP contribution in [0.1, 0.15) is 100 Å². The van der Waals surface area contributed by atoms with Gasteiger partial charge in [-0.3, -0.25) is 0 Å². The minimum atomic E-state index is -3.26. The van der Waals surface area contributed by atoms with Gasteiger partial charge in [0.25, 0.3) is 0 Å². The zero-order valence-corrected chi connectivity index (χ0v) is 26.2. The van der Waals surface area contributed by atoms with Crippen molar-refractivity contribution in [2.24, 2.45) is 11.8 Å². The molecule has 0 bridgehead atoms. The molecule has 2 aliphatic carbocycles. The Kier molecular flexibility index (Phi) is 18.3. The van der Waals surface area contributed by atoms with E-state index in [0.29, 0.717) is 5.92 Å². The maximum absolute atomic E-state index is 11.9. The van der Waals surface area contributed by atoms with Crippen LogP contribution in [0.5, 0.6) is 0 Å². The van der Waals surface area contributed by atoms with Crippen molar-refractivity contribution >= 4 is 61.1 Å². The molecule has 0 saturated heterocycles. The van der Waals surface area contributed by atoms with Gasteiger partial charge in [-0.1, -0.05) is 42.2 Å². The summed E-state index contributed by atoms with van der Waals surface area (Å²) in [5.41, 5.74) is 0. The number of aliphatic hydroxyl groups is 1. The Morgan fingerprint density at radius 3 is 1.30 bits per heavy atom. The molecular formula is C24H49Cl3N2O6S2. The SMILES string of the molecule is C.CC(C)(C)S(=O)(=O)NC1CCC(C=O)CC1.CC(C)(C)S(=O)(=O)NC1CCC(CO)CC1.ClC(Cl)Cl. The van der Waals surface area contributed by atoms with Crippen molar-refractivity contribution in [3.8, 4) is 0 Å². The summed E-state index contributed by atoms with van der Waals surface area (Å²) in [5, 5.41) is 9.00. The lowest BCUT2D eigenvalue weighted by atomic mass is 9.87. The van der Waals surface area contributed by atoms with Crippen molar-refractivity contribution in [1.82, 2.24) is 9.44 Å². The molecule has 2 rings (SSSR count). The standard InChI is InChI=1S/C11H23NO3S.C11H21NO3S.CHCl3.CH4/c2*1-11(2,3)16(14,15)12-10-6-4-9(8-13)5-7-10;2-1(3)4;/h9-10,12-13H,4-8H2,1-3H3;8-10,12H,4-7H2,1-3H3;1H;1H4. The molecule has 0 aliphatic heterocycles. The summed E-state index contributed by atoms with van der Waals surface area (Å²) in [6.45, 7) is 10.4. The van der Waals surface area contributed by atoms with E-state index < -0.39 is 33.8 Å². The third-order valence-corrected chi connectivity index (χ3v) is 10.8. The number of carbonyl (C=O) groups excluding carboxylic acids is 1. The predicted molar refractivity (Wildman–Crippen MR) is 156 cm³/mol. The van der Waals surface area contributed by atoms with E-state index in [-0.39, 0.29) is 32.0 Å². The van der Waals surface area contributed by atoms with Gasteiger partial charge in [0.2, 0.25) is 20.0 Å². The first-order valence-electron chi connectivity index (χ1n) is 12.3. The van der Waals surface area contributed by atoms with E-state index in [1.54, 1.807) is 41.5 Å². The lowest BCUT2D eigenvalue weighted by molar-refractivity contribution is -0.111. The van der Waals surface area contributed by atoms with Crippen molar-refractivity contribution in [2.45, 2.75) is 126 Å². The van der Waals surface area contributed by atoms with E-state index in [2.05, 4.69) is 9.44 Å². The van der Waals surface area contributed by atoms with E-state index in [0.717, 1.165) is 57.7 Å². The van der Waals surface area contributed by atoms with Crippen LogP contribution in [0.2, 0.25) is 0 Å². The second kappa shape index (κ2) is 17.2. The van der Waals surface area contributed by atoms with Crippen molar-refractivity contribution < 1.29 is 26.7 Å². The number of aldehydes is 1. The number of alkyl halides is 3. The third-order valence-electron chi connectivity index (χ3n) is 6.33. The maximum atomic E-state index is 11.9. The normalized spacial score (nSPS) is 25.1. The molecule has 0 radical (unpaired) electrons. The monoisotopic (exact) mass is 630 g/mol. The zero-order valence-electron chi connectivity index (χ0n) is 22.3. The Morgan fingerprint density at radius 1 is 0.757 bits per heavy atom. The fraction of sp³-hybridized carbons (Fsp3) is 0.958. The fourth-order valence-electron chi connectivity index (χ4n) is 3.63. The van der Waals surface area contributed by atoms with E-state index >= 15 is 0 Å². The largest absolute Gasteiger partial charge is 0.396 e. The molecule has 0 heterocycles. The van der Waals surface area contributed by atoms with E-state index in [9.17, 15) is 21.6 Å². The van der Waals surface area contributed by atoms with Crippen LogP contribution in [0, 0.1) is 11.8 Å². The predicted octanol–water partition coefficient (Wildman–Crippen LogP) is 5.34. The highest BCUT2D eigenvalue weighted by molar-refractivity contribution is 7.91. The Hall–Kier alpha value is 0.320. The Balaban J connectivity index is 0. The summed E-state index contributed by atoms with van der Waals surface area (Å²) in [7, 11) is -6.49.